The van der Waals surface area contributed by atoms with E-state index in [9.17, 15) is 9.90 Å². The van der Waals surface area contributed by atoms with E-state index in [1.54, 1.807) is 0 Å². The molecule has 0 amide bonds. The van der Waals surface area contributed by atoms with E-state index in [1.807, 2.05) is 30.3 Å². The van der Waals surface area contributed by atoms with E-state index in [0.717, 1.165) is 24.8 Å². The van der Waals surface area contributed by atoms with Crippen molar-refractivity contribution in [3.8, 4) is 0 Å². The fraction of sp³-hybridized carbons (Fsp3) is 0.533. The number of carboxylic acids is 1. The average Bonchev–Trinajstić information content (AvgIpc) is 2.93. The molecular weight excluding hydrogens is 228 g/mol. The third kappa shape index (κ3) is 1.57. The monoisotopic (exact) mass is 246 g/mol. The van der Waals surface area contributed by atoms with Crippen LogP contribution in [0.15, 0.2) is 30.3 Å². The molecule has 3 rings (SSSR count). The van der Waals surface area contributed by atoms with Crippen molar-refractivity contribution in [2.24, 2.45) is 17.8 Å². The number of rotatable bonds is 3. The zero-order valence-electron chi connectivity index (χ0n) is 10.2. The summed E-state index contributed by atoms with van der Waals surface area (Å²) in [7, 11) is 0. The Morgan fingerprint density at radius 3 is 2.67 bits per heavy atom. The highest BCUT2D eigenvalue weighted by Crippen LogP contribution is 2.60. The fourth-order valence-electron chi connectivity index (χ4n) is 4.11. The number of hydrogen-bond donors (Lipinski definition) is 2. The van der Waals surface area contributed by atoms with Gasteiger partial charge in [-0.15, -0.1) is 0 Å². The van der Waals surface area contributed by atoms with E-state index >= 15 is 0 Å². The van der Waals surface area contributed by atoms with Crippen LogP contribution in [0.2, 0.25) is 0 Å². The summed E-state index contributed by atoms with van der Waals surface area (Å²) in [6.45, 7) is 0. The van der Waals surface area contributed by atoms with Gasteiger partial charge in [-0.3, -0.25) is 4.79 Å². The molecule has 2 aliphatic carbocycles. The van der Waals surface area contributed by atoms with Gasteiger partial charge in [0.05, 0.1) is 12.0 Å². The van der Waals surface area contributed by atoms with Crippen LogP contribution in [0.1, 0.15) is 31.2 Å². The Morgan fingerprint density at radius 2 is 2.00 bits per heavy atom. The Morgan fingerprint density at radius 1 is 1.28 bits per heavy atom. The minimum absolute atomic E-state index is 0.0760. The molecule has 3 heteroatoms. The van der Waals surface area contributed by atoms with Gasteiger partial charge >= 0.3 is 5.97 Å². The Bertz CT molecular complexity index is 456. The van der Waals surface area contributed by atoms with Crippen molar-refractivity contribution < 1.29 is 15.0 Å². The van der Waals surface area contributed by atoms with Gasteiger partial charge in [0.25, 0.3) is 0 Å². The standard InChI is InChI=1S/C15H18O3/c16-14(17)9-13-10-6-7-12(8-10)15(13,18)11-4-2-1-3-5-11/h1-5,10,12-13,18H,6-9H2,(H,16,17). The summed E-state index contributed by atoms with van der Waals surface area (Å²) in [6.07, 6.45) is 3.14. The lowest BCUT2D eigenvalue weighted by molar-refractivity contribution is -0.143. The first-order chi connectivity index (χ1) is 8.62. The predicted octanol–water partition coefficient (Wildman–Crippen LogP) is 2.40. The Kier molecular flexibility index (Phi) is 2.67. The molecule has 3 nitrogen and oxygen atoms in total. The summed E-state index contributed by atoms with van der Waals surface area (Å²) < 4.78 is 0. The van der Waals surface area contributed by atoms with Crippen molar-refractivity contribution in [1.29, 1.82) is 0 Å². The number of carbonyl (C=O) groups is 1. The van der Waals surface area contributed by atoms with Gasteiger partial charge in [-0.05, 0) is 36.7 Å². The Labute approximate surface area is 106 Å². The fourth-order valence-corrected chi connectivity index (χ4v) is 4.11. The van der Waals surface area contributed by atoms with E-state index in [-0.39, 0.29) is 18.3 Å². The third-order valence-electron chi connectivity index (χ3n) is 4.86. The molecule has 0 spiro atoms. The molecule has 2 aliphatic rings. The normalized spacial score (nSPS) is 37.9. The van der Waals surface area contributed by atoms with Crippen LogP contribution in [0.25, 0.3) is 0 Å². The van der Waals surface area contributed by atoms with Gasteiger partial charge in [0.1, 0.15) is 0 Å². The van der Waals surface area contributed by atoms with Crippen molar-refractivity contribution in [2.45, 2.75) is 31.3 Å². The molecule has 18 heavy (non-hydrogen) atoms. The van der Waals surface area contributed by atoms with Crippen LogP contribution >= 0.6 is 0 Å². The summed E-state index contributed by atoms with van der Waals surface area (Å²) in [4.78, 5) is 11.0. The van der Waals surface area contributed by atoms with Gasteiger partial charge in [-0.25, -0.2) is 0 Å². The van der Waals surface area contributed by atoms with E-state index in [0.29, 0.717) is 5.92 Å². The predicted molar refractivity (Wildman–Crippen MR) is 66.9 cm³/mol. The SMILES string of the molecule is O=C(O)CC1C2CCC(C2)C1(O)c1ccccc1. The molecular formula is C15H18O3. The van der Waals surface area contributed by atoms with Crippen molar-refractivity contribution >= 4 is 5.97 Å². The van der Waals surface area contributed by atoms with E-state index in [4.69, 9.17) is 5.11 Å². The minimum atomic E-state index is -0.928. The van der Waals surface area contributed by atoms with Gasteiger partial charge in [-0.1, -0.05) is 30.3 Å². The Balaban J connectivity index is 1.99. The van der Waals surface area contributed by atoms with E-state index in [2.05, 4.69) is 0 Å². The number of carboxylic acid groups (broad SMARTS) is 1. The number of benzene rings is 1. The summed E-state index contributed by atoms with van der Waals surface area (Å²) in [5.41, 5.74) is -0.0359. The maximum Gasteiger partial charge on any atom is 0.303 e. The van der Waals surface area contributed by atoms with Crippen molar-refractivity contribution in [3.63, 3.8) is 0 Å². The molecule has 1 aromatic rings. The smallest absolute Gasteiger partial charge is 0.303 e. The highest BCUT2D eigenvalue weighted by atomic mass is 16.4. The first-order valence-corrected chi connectivity index (χ1v) is 6.62. The first-order valence-electron chi connectivity index (χ1n) is 6.62. The second-order valence-corrected chi connectivity index (χ2v) is 5.67. The van der Waals surface area contributed by atoms with Gasteiger partial charge < -0.3 is 10.2 Å². The maximum absolute atomic E-state index is 11.1. The summed E-state index contributed by atoms with van der Waals surface area (Å²) in [5, 5.41) is 20.2. The number of fused-ring (bicyclic) bond motifs is 2. The zero-order chi connectivity index (χ0) is 12.8. The topological polar surface area (TPSA) is 57.5 Å². The minimum Gasteiger partial charge on any atom is -0.481 e. The lowest BCUT2D eigenvalue weighted by atomic mass is 9.70. The molecule has 2 N–H and O–H groups in total. The van der Waals surface area contributed by atoms with Crippen LogP contribution in [-0.2, 0) is 10.4 Å². The lowest BCUT2D eigenvalue weighted by Gasteiger charge is -2.39. The molecule has 4 atom stereocenters. The third-order valence-corrected chi connectivity index (χ3v) is 4.86. The molecule has 0 heterocycles. The molecule has 0 aromatic heterocycles. The molecule has 4 unspecified atom stereocenters. The number of hydrogen-bond acceptors (Lipinski definition) is 2. The molecule has 2 fully saturated rings. The van der Waals surface area contributed by atoms with Crippen molar-refractivity contribution in [2.75, 3.05) is 0 Å². The summed E-state index contributed by atoms with van der Waals surface area (Å²) in [5.74, 6) is -0.330. The first kappa shape index (κ1) is 11.7. The van der Waals surface area contributed by atoms with Crippen LogP contribution in [0.5, 0.6) is 0 Å². The molecule has 96 valence electrons. The quantitative estimate of drug-likeness (QED) is 0.861. The highest BCUT2D eigenvalue weighted by molar-refractivity contribution is 5.67. The second-order valence-electron chi connectivity index (χ2n) is 5.67. The summed E-state index contributed by atoms with van der Waals surface area (Å²) >= 11 is 0. The molecule has 0 radical (unpaired) electrons. The molecule has 2 bridgehead atoms. The van der Waals surface area contributed by atoms with Crippen LogP contribution in [0.3, 0.4) is 0 Å². The largest absolute Gasteiger partial charge is 0.481 e. The van der Waals surface area contributed by atoms with Gasteiger partial charge in [-0.2, -0.15) is 0 Å². The average molecular weight is 246 g/mol. The summed E-state index contributed by atoms with van der Waals surface area (Å²) in [6, 6.07) is 9.60. The molecule has 1 aromatic carbocycles. The van der Waals surface area contributed by atoms with E-state index in [1.165, 1.54) is 0 Å². The van der Waals surface area contributed by atoms with Crippen LogP contribution in [0, 0.1) is 17.8 Å². The van der Waals surface area contributed by atoms with Gasteiger partial charge in [0.2, 0.25) is 0 Å². The second kappa shape index (κ2) is 4.09. The zero-order valence-corrected chi connectivity index (χ0v) is 10.2. The lowest BCUT2D eigenvalue weighted by Crippen LogP contribution is -2.41. The van der Waals surface area contributed by atoms with E-state index < -0.39 is 11.6 Å². The Hall–Kier alpha value is -1.35. The van der Waals surface area contributed by atoms with Gasteiger partial charge in [0, 0.05) is 5.92 Å². The molecule has 0 saturated heterocycles. The highest BCUT2D eigenvalue weighted by Gasteiger charge is 2.58. The number of aliphatic hydroxyl groups is 1. The van der Waals surface area contributed by atoms with Crippen LogP contribution in [-0.4, -0.2) is 16.2 Å². The molecule has 2 saturated carbocycles. The van der Waals surface area contributed by atoms with Crippen molar-refractivity contribution in [3.05, 3.63) is 35.9 Å². The van der Waals surface area contributed by atoms with Crippen LogP contribution in [0.4, 0.5) is 0 Å². The number of aliphatic carboxylic acids is 1. The van der Waals surface area contributed by atoms with Crippen LogP contribution < -0.4 is 0 Å². The maximum atomic E-state index is 11.1. The molecule has 0 aliphatic heterocycles. The van der Waals surface area contributed by atoms with Gasteiger partial charge in [0.15, 0.2) is 0 Å². The van der Waals surface area contributed by atoms with Crippen molar-refractivity contribution in [1.82, 2.24) is 0 Å².